The maximum absolute atomic E-state index is 11.0. The van der Waals surface area contributed by atoms with Crippen molar-refractivity contribution in [2.24, 2.45) is 5.92 Å². The largest absolute Gasteiger partial charge is 0.480 e. The molecule has 0 unspecified atom stereocenters. The number of aromatic nitrogens is 2. The third-order valence-electron chi connectivity index (χ3n) is 3.11. The van der Waals surface area contributed by atoms with Crippen LogP contribution in [0.3, 0.4) is 0 Å². The van der Waals surface area contributed by atoms with Crippen LogP contribution in [-0.2, 0) is 17.8 Å². The Balaban J connectivity index is 2.51. The first-order valence-electron chi connectivity index (χ1n) is 6.44. The summed E-state index contributed by atoms with van der Waals surface area (Å²) >= 11 is 12.0. The van der Waals surface area contributed by atoms with Crippen LogP contribution in [0, 0.1) is 5.92 Å². The third kappa shape index (κ3) is 3.25. The molecule has 0 saturated heterocycles. The Hall–Kier alpha value is -1.26. The maximum Gasteiger partial charge on any atom is 0.323 e. The minimum absolute atomic E-state index is 0.123. The number of imidazole rings is 1. The van der Waals surface area contributed by atoms with E-state index < -0.39 is 5.97 Å². The Morgan fingerprint density at radius 2 is 2.00 bits per heavy atom. The number of carboxylic acid groups (broad SMARTS) is 1. The number of rotatable bonds is 5. The van der Waals surface area contributed by atoms with Gasteiger partial charge in [0.15, 0.2) is 0 Å². The molecule has 1 N–H and O–H groups in total. The average Bonchev–Trinajstić information content (AvgIpc) is 2.65. The molecule has 0 spiro atoms. The molecule has 0 aliphatic carbocycles. The van der Waals surface area contributed by atoms with Gasteiger partial charge in [-0.2, -0.15) is 0 Å². The quantitative estimate of drug-likeness (QED) is 0.907. The highest BCUT2D eigenvalue weighted by atomic mass is 35.5. The summed E-state index contributed by atoms with van der Waals surface area (Å²) in [7, 11) is 0. The van der Waals surface area contributed by atoms with Crippen molar-refractivity contribution in [3.05, 3.63) is 28.0 Å². The van der Waals surface area contributed by atoms with Crippen molar-refractivity contribution in [2.45, 2.75) is 33.2 Å². The number of halogens is 2. The summed E-state index contributed by atoms with van der Waals surface area (Å²) in [4.78, 5) is 15.5. The van der Waals surface area contributed by atoms with Gasteiger partial charge in [-0.05, 0) is 24.5 Å². The Bertz CT molecular complexity index is 650. The summed E-state index contributed by atoms with van der Waals surface area (Å²) in [5, 5.41) is 9.89. The number of hydrogen-bond donors (Lipinski definition) is 1. The number of fused-ring (bicyclic) bond motifs is 1. The number of aliphatic carboxylic acids is 1. The average molecular weight is 315 g/mol. The number of nitrogens with zero attached hydrogens (tertiary/aromatic N) is 2. The molecule has 0 saturated carbocycles. The van der Waals surface area contributed by atoms with Crippen LogP contribution in [-0.4, -0.2) is 20.6 Å². The molecule has 2 rings (SSSR count). The lowest BCUT2D eigenvalue weighted by atomic mass is 10.1. The number of benzene rings is 1. The van der Waals surface area contributed by atoms with E-state index in [0.29, 0.717) is 27.0 Å². The van der Waals surface area contributed by atoms with E-state index in [0.717, 1.165) is 18.7 Å². The molecular formula is C14H16Cl2N2O2. The molecular weight excluding hydrogens is 299 g/mol. The fourth-order valence-electron chi connectivity index (χ4n) is 2.09. The first-order valence-corrected chi connectivity index (χ1v) is 7.20. The van der Waals surface area contributed by atoms with Gasteiger partial charge in [0.25, 0.3) is 0 Å². The molecule has 0 fully saturated rings. The second-order valence-corrected chi connectivity index (χ2v) is 6.01. The highest BCUT2D eigenvalue weighted by Crippen LogP contribution is 2.28. The SMILES string of the molecule is CC(C)CCc1nc2cc(Cl)c(Cl)cc2n1CC(=O)O. The lowest BCUT2D eigenvalue weighted by Crippen LogP contribution is -2.12. The second kappa shape index (κ2) is 6.02. The molecule has 0 aliphatic heterocycles. The number of carboxylic acids is 1. The van der Waals surface area contributed by atoms with Crippen LogP contribution in [0.15, 0.2) is 12.1 Å². The minimum Gasteiger partial charge on any atom is -0.480 e. The van der Waals surface area contributed by atoms with Gasteiger partial charge in [0, 0.05) is 6.42 Å². The van der Waals surface area contributed by atoms with Gasteiger partial charge in [-0.1, -0.05) is 37.0 Å². The van der Waals surface area contributed by atoms with E-state index in [1.165, 1.54) is 0 Å². The summed E-state index contributed by atoms with van der Waals surface area (Å²) in [6.45, 7) is 4.12. The van der Waals surface area contributed by atoms with Crippen LogP contribution in [0.4, 0.5) is 0 Å². The molecule has 0 atom stereocenters. The number of carbonyl (C=O) groups is 1. The van der Waals surface area contributed by atoms with Gasteiger partial charge in [0.05, 0.1) is 21.1 Å². The van der Waals surface area contributed by atoms with Crippen molar-refractivity contribution in [2.75, 3.05) is 0 Å². The number of hydrogen-bond acceptors (Lipinski definition) is 2. The highest BCUT2D eigenvalue weighted by molar-refractivity contribution is 6.42. The Labute approximate surface area is 127 Å². The van der Waals surface area contributed by atoms with Gasteiger partial charge in [-0.3, -0.25) is 4.79 Å². The van der Waals surface area contributed by atoms with Crippen LogP contribution in [0.5, 0.6) is 0 Å². The molecule has 4 nitrogen and oxygen atoms in total. The van der Waals surface area contributed by atoms with Crippen molar-refractivity contribution >= 4 is 40.2 Å². The van der Waals surface area contributed by atoms with E-state index >= 15 is 0 Å². The van der Waals surface area contributed by atoms with Gasteiger partial charge >= 0.3 is 5.97 Å². The van der Waals surface area contributed by atoms with Gasteiger partial charge in [-0.15, -0.1) is 0 Å². The fourth-order valence-corrected chi connectivity index (χ4v) is 2.41. The van der Waals surface area contributed by atoms with Gasteiger partial charge in [0.2, 0.25) is 0 Å². The summed E-state index contributed by atoms with van der Waals surface area (Å²) < 4.78 is 1.70. The van der Waals surface area contributed by atoms with Crippen LogP contribution in [0.25, 0.3) is 11.0 Å². The molecule has 0 aliphatic rings. The van der Waals surface area contributed by atoms with Crippen LogP contribution < -0.4 is 0 Å². The molecule has 0 bridgehead atoms. The van der Waals surface area contributed by atoms with Crippen LogP contribution >= 0.6 is 23.2 Å². The van der Waals surface area contributed by atoms with Crippen molar-refractivity contribution in [1.82, 2.24) is 9.55 Å². The van der Waals surface area contributed by atoms with Crippen molar-refractivity contribution in [3.63, 3.8) is 0 Å². The Morgan fingerprint density at radius 1 is 1.35 bits per heavy atom. The summed E-state index contributed by atoms with van der Waals surface area (Å²) in [5.41, 5.74) is 1.39. The Kier molecular flexibility index (Phi) is 4.55. The lowest BCUT2D eigenvalue weighted by Gasteiger charge is -2.08. The van der Waals surface area contributed by atoms with Crippen molar-refractivity contribution in [3.8, 4) is 0 Å². The summed E-state index contributed by atoms with van der Waals surface area (Å²) in [5.74, 6) is 0.385. The molecule has 1 aromatic carbocycles. The van der Waals surface area contributed by atoms with E-state index in [1.54, 1.807) is 16.7 Å². The topological polar surface area (TPSA) is 55.1 Å². The molecule has 0 amide bonds. The first-order chi connectivity index (χ1) is 9.38. The molecule has 2 aromatic rings. The second-order valence-electron chi connectivity index (χ2n) is 5.20. The maximum atomic E-state index is 11.0. The normalized spacial score (nSPS) is 11.4. The zero-order valence-electron chi connectivity index (χ0n) is 11.4. The minimum atomic E-state index is -0.902. The summed E-state index contributed by atoms with van der Waals surface area (Å²) in [6, 6.07) is 3.35. The molecule has 108 valence electrons. The molecule has 20 heavy (non-hydrogen) atoms. The molecule has 1 aromatic heterocycles. The first kappa shape index (κ1) is 15.1. The van der Waals surface area contributed by atoms with Crippen molar-refractivity contribution < 1.29 is 9.90 Å². The zero-order valence-corrected chi connectivity index (χ0v) is 12.9. The van der Waals surface area contributed by atoms with Crippen LogP contribution in [0.2, 0.25) is 10.0 Å². The van der Waals surface area contributed by atoms with E-state index in [-0.39, 0.29) is 6.54 Å². The molecule has 1 heterocycles. The highest BCUT2D eigenvalue weighted by Gasteiger charge is 2.15. The lowest BCUT2D eigenvalue weighted by molar-refractivity contribution is -0.137. The summed E-state index contributed by atoms with van der Waals surface area (Å²) in [6.07, 6.45) is 1.68. The van der Waals surface area contributed by atoms with E-state index in [1.807, 2.05) is 0 Å². The van der Waals surface area contributed by atoms with Gasteiger partial charge < -0.3 is 9.67 Å². The molecule has 0 radical (unpaired) electrons. The predicted molar refractivity (Wildman–Crippen MR) is 80.5 cm³/mol. The predicted octanol–water partition coefficient (Wildman–Crippen LogP) is 4.02. The fraction of sp³-hybridized carbons (Fsp3) is 0.429. The smallest absolute Gasteiger partial charge is 0.323 e. The van der Waals surface area contributed by atoms with E-state index in [4.69, 9.17) is 28.3 Å². The Morgan fingerprint density at radius 3 is 2.60 bits per heavy atom. The van der Waals surface area contributed by atoms with Gasteiger partial charge in [0.1, 0.15) is 12.4 Å². The molecule has 6 heteroatoms. The third-order valence-corrected chi connectivity index (χ3v) is 3.83. The zero-order chi connectivity index (χ0) is 14.9. The van der Waals surface area contributed by atoms with E-state index in [9.17, 15) is 4.79 Å². The van der Waals surface area contributed by atoms with Crippen LogP contribution in [0.1, 0.15) is 26.1 Å². The van der Waals surface area contributed by atoms with Gasteiger partial charge in [-0.25, -0.2) is 4.98 Å². The standard InChI is InChI=1S/C14H16Cl2N2O2/c1-8(2)3-4-13-17-11-5-9(15)10(16)6-12(11)18(13)7-14(19)20/h5-6,8H,3-4,7H2,1-2H3,(H,19,20). The van der Waals surface area contributed by atoms with E-state index in [2.05, 4.69) is 18.8 Å². The monoisotopic (exact) mass is 314 g/mol. The number of aryl methyl sites for hydroxylation is 1. The van der Waals surface area contributed by atoms with Crippen molar-refractivity contribution in [1.29, 1.82) is 0 Å².